The second-order valence-electron chi connectivity index (χ2n) is 2.62. The van der Waals surface area contributed by atoms with Crippen molar-refractivity contribution in [2.45, 2.75) is 13.0 Å². The fourth-order valence-electron chi connectivity index (χ4n) is 0.986. The first-order valence-corrected chi connectivity index (χ1v) is 4.07. The van der Waals surface area contributed by atoms with E-state index in [2.05, 4.69) is 6.07 Å². The van der Waals surface area contributed by atoms with Crippen LogP contribution in [0.25, 0.3) is 0 Å². The Morgan fingerprint density at radius 1 is 1.62 bits per heavy atom. The first kappa shape index (κ1) is 9.68. The standard InChI is InChI=1S/C11H11O2/c1-2-6-10(12)11(13)9-7-4-3-5-8-9/h2-7,11,13H,1H3. The highest BCUT2D eigenvalue weighted by atomic mass is 16.3. The molecule has 0 aliphatic heterocycles. The number of ketones is 1. The number of aliphatic hydroxyl groups is 1. The van der Waals surface area contributed by atoms with Crippen molar-refractivity contribution >= 4 is 5.78 Å². The van der Waals surface area contributed by atoms with Crippen LogP contribution >= 0.6 is 0 Å². The van der Waals surface area contributed by atoms with Gasteiger partial charge in [-0.3, -0.25) is 4.79 Å². The molecule has 67 valence electrons. The molecule has 13 heavy (non-hydrogen) atoms. The average Bonchev–Trinajstić information content (AvgIpc) is 2.18. The molecule has 1 atom stereocenters. The molecule has 1 unspecified atom stereocenters. The fraction of sp³-hybridized carbons (Fsp3) is 0.182. The Bertz CT molecular complexity index is 301. The molecular formula is C11H11O2. The zero-order valence-corrected chi connectivity index (χ0v) is 7.40. The van der Waals surface area contributed by atoms with E-state index in [0.29, 0.717) is 5.56 Å². The molecule has 2 nitrogen and oxygen atoms in total. The molecule has 0 aliphatic carbocycles. The minimum absolute atomic E-state index is 0.315. The maximum atomic E-state index is 11.2. The van der Waals surface area contributed by atoms with Crippen molar-refractivity contribution in [2.24, 2.45) is 0 Å². The van der Waals surface area contributed by atoms with E-state index in [1.54, 1.807) is 37.3 Å². The summed E-state index contributed by atoms with van der Waals surface area (Å²) in [6, 6.07) is 9.69. The lowest BCUT2D eigenvalue weighted by atomic mass is 10.1. The zero-order chi connectivity index (χ0) is 9.68. The Balaban J connectivity index is 2.79. The molecular weight excluding hydrogens is 164 g/mol. The second kappa shape index (κ2) is 4.58. The minimum atomic E-state index is -1.09. The van der Waals surface area contributed by atoms with E-state index in [9.17, 15) is 9.90 Å². The summed E-state index contributed by atoms with van der Waals surface area (Å²) in [6.07, 6.45) is 1.87. The van der Waals surface area contributed by atoms with Crippen molar-refractivity contribution in [3.05, 3.63) is 48.0 Å². The van der Waals surface area contributed by atoms with Gasteiger partial charge in [0, 0.05) is 0 Å². The van der Waals surface area contributed by atoms with E-state index >= 15 is 0 Å². The average molecular weight is 175 g/mol. The Morgan fingerprint density at radius 3 is 2.92 bits per heavy atom. The maximum absolute atomic E-state index is 11.2. The molecule has 1 aromatic carbocycles. The van der Waals surface area contributed by atoms with Gasteiger partial charge >= 0.3 is 0 Å². The van der Waals surface area contributed by atoms with Crippen LogP contribution in [0.2, 0.25) is 0 Å². The van der Waals surface area contributed by atoms with E-state index in [-0.39, 0.29) is 5.78 Å². The molecule has 0 amide bonds. The van der Waals surface area contributed by atoms with Gasteiger partial charge < -0.3 is 5.11 Å². The van der Waals surface area contributed by atoms with Gasteiger partial charge in [0.1, 0.15) is 6.10 Å². The van der Waals surface area contributed by atoms with Crippen LogP contribution in [-0.4, -0.2) is 10.9 Å². The van der Waals surface area contributed by atoms with Gasteiger partial charge in [-0.2, -0.15) is 0 Å². The van der Waals surface area contributed by atoms with Crippen molar-refractivity contribution in [3.8, 4) is 0 Å². The molecule has 1 rings (SSSR count). The molecule has 0 fully saturated rings. The van der Waals surface area contributed by atoms with Gasteiger partial charge in [0.05, 0.1) is 0 Å². The highest BCUT2D eigenvalue weighted by molar-refractivity contribution is 5.93. The summed E-state index contributed by atoms with van der Waals surface area (Å²) in [7, 11) is 0. The lowest BCUT2D eigenvalue weighted by Gasteiger charge is -2.05. The van der Waals surface area contributed by atoms with Crippen molar-refractivity contribution in [3.63, 3.8) is 0 Å². The summed E-state index contributed by atoms with van der Waals surface area (Å²) < 4.78 is 0. The smallest absolute Gasteiger partial charge is 0.188 e. The summed E-state index contributed by atoms with van der Waals surface area (Å²) >= 11 is 0. The molecule has 0 aliphatic rings. The SMILES string of the molecule is CC=CC(=O)C(O)c1[c]cccc1. The van der Waals surface area contributed by atoms with Crippen LogP contribution in [0.15, 0.2) is 36.4 Å². The molecule has 0 heterocycles. The molecule has 1 radical (unpaired) electrons. The van der Waals surface area contributed by atoms with E-state index < -0.39 is 6.10 Å². The Hall–Kier alpha value is -1.41. The minimum Gasteiger partial charge on any atom is -0.380 e. The lowest BCUT2D eigenvalue weighted by Crippen LogP contribution is -2.08. The zero-order valence-electron chi connectivity index (χ0n) is 7.40. The Labute approximate surface area is 77.5 Å². The first-order valence-electron chi connectivity index (χ1n) is 4.07. The van der Waals surface area contributed by atoms with E-state index in [0.717, 1.165) is 0 Å². The number of hydrogen-bond donors (Lipinski definition) is 1. The van der Waals surface area contributed by atoms with Crippen LogP contribution in [0.4, 0.5) is 0 Å². The number of rotatable bonds is 3. The van der Waals surface area contributed by atoms with Crippen LogP contribution in [-0.2, 0) is 4.79 Å². The topological polar surface area (TPSA) is 37.3 Å². The van der Waals surface area contributed by atoms with Crippen LogP contribution < -0.4 is 0 Å². The number of hydrogen-bond acceptors (Lipinski definition) is 2. The van der Waals surface area contributed by atoms with Gasteiger partial charge in [0.15, 0.2) is 5.78 Å². The molecule has 0 spiro atoms. The third-order valence-corrected chi connectivity index (χ3v) is 1.63. The molecule has 2 heteroatoms. The lowest BCUT2D eigenvalue weighted by molar-refractivity contribution is -0.122. The van der Waals surface area contributed by atoms with Crippen LogP contribution in [0.3, 0.4) is 0 Å². The third kappa shape index (κ3) is 2.53. The molecule has 0 saturated carbocycles. The van der Waals surface area contributed by atoms with Gasteiger partial charge in [-0.15, -0.1) is 0 Å². The van der Waals surface area contributed by atoms with Crippen LogP contribution in [0.1, 0.15) is 18.6 Å². The maximum Gasteiger partial charge on any atom is 0.188 e. The molecule has 0 bridgehead atoms. The van der Waals surface area contributed by atoms with Gasteiger partial charge in [0.25, 0.3) is 0 Å². The fourth-order valence-corrected chi connectivity index (χ4v) is 0.986. The van der Waals surface area contributed by atoms with E-state index in [1.165, 1.54) is 6.08 Å². The Kier molecular flexibility index (Phi) is 3.41. The molecule has 0 aromatic heterocycles. The molecule has 1 aromatic rings. The largest absolute Gasteiger partial charge is 0.380 e. The van der Waals surface area contributed by atoms with E-state index in [1.807, 2.05) is 0 Å². The predicted molar refractivity (Wildman–Crippen MR) is 50.1 cm³/mol. The van der Waals surface area contributed by atoms with Crippen molar-refractivity contribution < 1.29 is 9.90 Å². The van der Waals surface area contributed by atoms with Crippen LogP contribution in [0, 0.1) is 6.07 Å². The monoisotopic (exact) mass is 175 g/mol. The Morgan fingerprint density at radius 2 is 2.38 bits per heavy atom. The molecule has 0 saturated heterocycles. The molecule has 1 N–H and O–H groups in total. The highest BCUT2D eigenvalue weighted by Gasteiger charge is 2.13. The van der Waals surface area contributed by atoms with Crippen LogP contribution in [0.5, 0.6) is 0 Å². The van der Waals surface area contributed by atoms with Crippen molar-refractivity contribution in [1.82, 2.24) is 0 Å². The quantitative estimate of drug-likeness (QED) is 0.709. The van der Waals surface area contributed by atoms with E-state index in [4.69, 9.17) is 0 Å². The van der Waals surface area contributed by atoms with Gasteiger partial charge in [-0.05, 0) is 24.6 Å². The summed E-state index contributed by atoms with van der Waals surface area (Å²) in [5.41, 5.74) is 0.505. The summed E-state index contributed by atoms with van der Waals surface area (Å²) in [4.78, 5) is 11.2. The predicted octanol–water partition coefficient (Wildman–Crippen LogP) is 1.67. The summed E-state index contributed by atoms with van der Waals surface area (Å²) in [6.45, 7) is 1.74. The van der Waals surface area contributed by atoms with Crippen molar-refractivity contribution in [2.75, 3.05) is 0 Å². The number of aliphatic hydroxyl groups excluding tert-OH is 1. The number of benzene rings is 1. The third-order valence-electron chi connectivity index (χ3n) is 1.63. The number of carbonyl (C=O) groups is 1. The first-order chi connectivity index (χ1) is 6.25. The second-order valence-corrected chi connectivity index (χ2v) is 2.62. The number of allylic oxidation sites excluding steroid dienone is 1. The van der Waals surface area contributed by atoms with Crippen molar-refractivity contribution in [1.29, 1.82) is 0 Å². The van der Waals surface area contributed by atoms with Gasteiger partial charge in [-0.1, -0.05) is 30.3 Å². The normalized spacial score (nSPS) is 13.1. The summed E-state index contributed by atoms with van der Waals surface area (Å²) in [5, 5.41) is 9.49. The summed E-state index contributed by atoms with van der Waals surface area (Å²) in [5.74, 6) is -0.315. The van der Waals surface area contributed by atoms with Gasteiger partial charge in [0.2, 0.25) is 0 Å². The van der Waals surface area contributed by atoms with Gasteiger partial charge in [-0.25, -0.2) is 0 Å². The number of carbonyl (C=O) groups excluding carboxylic acids is 1. The highest BCUT2D eigenvalue weighted by Crippen LogP contribution is 2.12.